The maximum Gasteiger partial charge on any atom is 0.187 e. The molecule has 40 heavy (non-hydrogen) atoms. The first kappa shape index (κ1) is 34.2. The SMILES string of the molecule is C/C=C/C#CC#C[C@@H](O)[C@@H](/C=C/C(O)CCO)O[C@@H]1O[C@H](CO[C@@H]2O[C@H](CO)[C@@H](O)[C@H](O)[C@H]2O)[C@@H](O)[C@H](O)[C@H]1O. The number of aliphatic hydroxyl groups is 10. The lowest BCUT2D eigenvalue weighted by Gasteiger charge is -2.43. The molecule has 2 rings (SSSR count). The molecule has 2 aliphatic rings. The van der Waals surface area contributed by atoms with Gasteiger partial charge in [-0.3, -0.25) is 0 Å². The van der Waals surface area contributed by atoms with Gasteiger partial charge in [-0.2, -0.15) is 0 Å². The van der Waals surface area contributed by atoms with Crippen molar-refractivity contribution >= 4 is 0 Å². The van der Waals surface area contributed by atoms with Crippen LogP contribution in [0.15, 0.2) is 24.3 Å². The van der Waals surface area contributed by atoms with Gasteiger partial charge >= 0.3 is 0 Å². The second kappa shape index (κ2) is 17.1. The summed E-state index contributed by atoms with van der Waals surface area (Å²) in [6.45, 7) is 0.172. The molecule has 0 aliphatic carbocycles. The van der Waals surface area contributed by atoms with E-state index in [9.17, 15) is 46.0 Å². The molecule has 0 aromatic carbocycles. The van der Waals surface area contributed by atoms with Crippen LogP contribution in [0.3, 0.4) is 0 Å². The third-order valence-electron chi connectivity index (χ3n) is 6.10. The van der Waals surface area contributed by atoms with Gasteiger partial charge in [0.1, 0.15) is 61.0 Å². The van der Waals surface area contributed by atoms with Crippen LogP contribution in [0.25, 0.3) is 0 Å². The lowest BCUT2D eigenvalue weighted by Crippen LogP contribution is -2.62. The summed E-state index contributed by atoms with van der Waals surface area (Å²) in [5.74, 6) is 9.95. The van der Waals surface area contributed by atoms with E-state index in [1.54, 1.807) is 13.0 Å². The number of ether oxygens (including phenoxy) is 4. The van der Waals surface area contributed by atoms with Gasteiger partial charge < -0.3 is 70.0 Å². The summed E-state index contributed by atoms with van der Waals surface area (Å²) in [4.78, 5) is 0. The zero-order chi connectivity index (χ0) is 29.8. The van der Waals surface area contributed by atoms with Gasteiger partial charge in [-0.1, -0.05) is 30.1 Å². The Morgan fingerprint density at radius 2 is 1.43 bits per heavy atom. The van der Waals surface area contributed by atoms with Crippen molar-refractivity contribution in [1.82, 2.24) is 0 Å². The predicted molar refractivity (Wildman–Crippen MR) is 134 cm³/mol. The van der Waals surface area contributed by atoms with E-state index in [0.29, 0.717) is 0 Å². The molecule has 2 heterocycles. The van der Waals surface area contributed by atoms with Crippen LogP contribution in [-0.4, -0.2) is 151 Å². The first-order chi connectivity index (χ1) is 19.0. The molecule has 10 N–H and O–H groups in total. The second-order valence-corrected chi connectivity index (χ2v) is 9.09. The zero-order valence-electron chi connectivity index (χ0n) is 21.7. The molecule has 1 unspecified atom stereocenters. The molecule has 0 saturated carbocycles. The fourth-order valence-corrected chi connectivity index (χ4v) is 3.76. The van der Waals surface area contributed by atoms with E-state index < -0.39 is 92.9 Å². The standard InChI is InChI=1S/C26H38O14/c1-2-3-4-5-6-7-15(30)16(9-8-14(29)10-11-27)38-26-24(36)22(34)20(32)18(40-26)13-37-25-23(35)21(33)19(31)17(12-28)39-25/h2-3,8-9,14-36H,10-13H2,1H3/b3-2+,9-8+/t14?,15-,16-,17-,18-,19-,20-,21+,22+,23-,24-,25-,26-/m1/s1. The summed E-state index contributed by atoms with van der Waals surface area (Å²) in [6.07, 6.45) is -14.6. The van der Waals surface area contributed by atoms with Crippen LogP contribution < -0.4 is 0 Å². The quantitative estimate of drug-likeness (QED) is 0.0824. The molecule has 0 bridgehead atoms. The molecule has 226 valence electrons. The number of rotatable bonds is 11. The molecule has 14 nitrogen and oxygen atoms in total. The normalized spacial score (nSPS) is 36.9. The Morgan fingerprint density at radius 3 is 2.05 bits per heavy atom. The van der Waals surface area contributed by atoms with E-state index >= 15 is 0 Å². The first-order valence-electron chi connectivity index (χ1n) is 12.6. The van der Waals surface area contributed by atoms with Gasteiger partial charge in [-0.25, -0.2) is 0 Å². The molecule has 2 fully saturated rings. The number of aliphatic hydroxyl groups excluding tert-OH is 10. The summed E-state index contributed by atoms with van der Waals surface area (Å²) in [5, 5.41) is 100. The van der Waals surface area contributed by atoms with Crippen molar-refractivity contribution in [3.8, 4) is 23.7 Å². The highest BCUT2D eigenvalue weighted by Crippen LogP contribution is 2.27. The maximum atomic E-state index is 10.6. The van der Waals surface area contributed by atoms with Gasteiger partial charge in [0.25, 0.3) is 0 Å². The minimum atomic E-state index is -1.82. The molecular formula is C26H38O14. The van der Waals surface area contributed by atoms with Crippen molar-refractivity contribution in [3.05, 3.63) is 24.3 Å². The minimum Gasteiger partial charge on any atom is -0.396 e. The van der Waals surface area contributed by atoms with E-state index in [1.807, 2.05) is 0 Å². The van der Waals surface area contributed by atoms with Crippen molar-refractivity contribution in [1.29, 1.82) is 0 Å². The number of hydrogen-bond donors (Lipinski definition) is 10. The number of hydrogen-bond acceptors (Lipinski definition) is 14. The molecule has 0 aromatic heterocycles. The van der Waals surface area contributed by atoms with E-state index in [2.05, 4.69) is 23.7 Å². The Balaban J connectivity index is 2.17. The molecule has 2 saturated heterocycles. The Labute approximate surface area is 231 Å². The van der Waals surface area contributed by atoms with Crippen molar-refractivity contribution < 1.29 is 70.0 Å². The van der Waals surface area contributed by atoms with E-state index in [0.717, 1.165) is 0 Å². The summed E-state index contributed by atoms with van der Waals surface area (Å²) in [6, 6.07) is 0. The van der Waals surface area contributed by atoms with Crippen LogP contribution in [0.1, 0.15) is 13.3 Å². The van der Waals surface area contributed by atoms with Crippen LogP contribution in [0.2, 0.25) is 0 Å². The number of allylic oxidation sites excluding steroid dienone is 2. The molecule has 0 amide bonds. The molecular weight excluding hydrogens is 536 g/mol. The molecule has 0 spiro atoms. The zero-order valence-corrected chi connectivity index (χ0v) is 21.7. The average molecular weight is 575 g/mol. The van der Waals surface area contributed by atoms with Gasteiger partial charge in [0.2, 0.25) is 0 Å². The van der Waals surface area contributed by atoms with Crippen molar-refractivity contribution in [3.63, 3.8) is 0 Å². The molecule has 0 radical (unpaired) electrons. The topological polar surface area (TPSA) is 239 Å². The van der Waals surface area contributed by atoms with E-state index in [1.165, 1.54) is 18.2 Å². The fraction of sp³-hybridized carbons (Fsp3) is 0.692. The van der Waals surface area contributed by atoms with Gasteiger partial charge in [0.05, 0.1) is 19.3 Å². The minimum absolute atomic E-state index is 0.00928. The summed E-state index contributed by atoms with van der Waals surface area (Å²) < 4.78 is 21.8. The summed E-state index contributed by atoms with van der Waals surface area (Å²) in [5.41, 5.74) is 0. The third kappa shape index (κ3) is 9.56. The first-order valence-corrected chi connectivity index (χ1v) is 12.6. The maximum absolute atomic E-state index is 10.6. The van der Waals surface area contributed by atoms with Crippen molar-refractivity contribution in [2.24, 2.45) is 0 Å². The van der Waals surface area contributed by atoms with E-state index in [-0.39, 0.29) is 13.0 Å². The highest BCUT2D eigenvalue weighted by atomic mass is 16.7. The third-order valence-corrected chi connectivity index (χ3v) is 6.10. The largest absolute Gasteiger partial charge is 0.396 e. The lowest BCUT2D eigenvalue weighted by molar-refractivity contribution is -0.335. The van der Waals surface area contributed by atoms with Gasteiger partial charge in [0, 0.05) is 6.61 Å². The second-order valence-electron chi connectivity index (χ2n) is 9.09. The fourth-order valence-electron chi connectivity index (χ4n) is 3.76. The van der Waals surface area contributed by atoms with Crippen molar-refractivity contribution in [2.75, 3.05) is 19.8 Å². The average Bonchev–Trinajstić information content (AvgIpc) is 2.94. The van der Waals surface area contributed by atoms with Gasteiger partial charge in [-0.05, 0) is 31.3 Å². The summed E-state index contributed by atoms with van der Waals surface area (Å²) >= 11 is 0. The predicted octanol–water partition coefficient (Wildman–Crippen LogP) is -4.76. The van der Waals surface area contributed by atoms with Crippen molar-refractivity contribution in [2.45, 2.75) is 93.1 Å². The van der Waals surface area contributed by atoms with E-state index in [4.69, 9.17) is 24.1 Å². The highest BCUT2D eigenvalue weighted by molar-refractivity contribution is 5.32. The Hall–Kier alpha value is -1.96. The Kier molecular flexibility index (Phi) is 14.6. The monoisotopic (exact) mass is 574 g/mol. The Morgan fingerprint density at radius 1 is 0.800 bits per heavy atom. The lowest BCUT2D eigenvalue weighted by atomic mass is 9.98. The van der Waals surface area contributed by atoms with Crippen LogP contribution in [0.5, 0.6) is 0 Å². The Bertz CT molecular complexity index is 933. The smallest absolute Gasteiger partial charge is 0.187 e. The molecule has 2 aliphatic heterocycles. The van der Waals surface area contributed by atoms with Crippen LogP contribution in [0.4, 0.5) is 0 Å². The molecule has 0 aromatic rings. The van der Waals surface area contributed by atoms with Crippen LogP contribution in [0, 0.1) is 23.7 Å². The van der Waals surface area contributed by atoms with Crippen LogP contribution in [-0.2, 0) is 18.9 Å². The molecule has 13 atom stereocenters. The highest BCUT2D eigenvalue weighted by Gasteiger charge is 2.48. The van der Waals surface area contributed by atoms with Gasteiger partial charge in [0.15, 0.2) is 12.6 Å². The molecule has 14 heteroatoms. The van der Waals surface area contributed by atoms with Crippen LogP contribution >= 0.6 is 0 Å². The van der Waals surface area contributed by atoms with Gasteiger partial charge in [-0.15, -0.1) is 0 Å². The summed E-state index contributed by atoms with van der Waals surface area (Å²) in [7, 11) is 0.